The number of rotatable bonds is 6. The number of aliphatic hydroxyl groups excluding tert-OH is 1. The Morgan fingerprint density at radius 3 is 2.15 bits per heavy atom. The SMILES string of the molecule is CCC1CC(Cc2nc(S(C)(=O)=O)nc(C)c2C)C(CO)C1S(C)(=O)=O. The van der Waals surface area contributed by atoms with Gasteiger partial charge in [0.15, 0.2) is 9.84 Å². The predicted molar refractivity (Wildman–Crippen MR) is 99.4 cm³/mol. The molecule has 26 heavy (non-hydrogen) atoms. The molecule has 1 fully saturated rings. The molecule has 7 nitrogen and oxygen atoms in total. The van der Waals surface area contributed by atoms with Crippen molar-refractivity contribution in [2.24, 2.45) is 17.8 Å². The maximum Gasteiger partial charge on any atom is 0.247 e. The first-order valence-electron chi connectivity index (χ1n) is 8.74. The molecule has 0 saturated heterocycles. The van der Waals surface area contributed by atoms with Crippen LogP contribution < -0.4 is 0 Å². The van der Waals surface area contributed by atoms with Crippen LogP contribution in [-0.4, -0.2) is 56.3 Å². The number of aliphatic hydroxyl groups is 1. The Labute approximate surface area is 156 Å². The Kier molecular flexibility index (Phi) is 6.14. The molecule has 1 aliphatic rings. The fraction of sp³-hybridized carbons (Fsp3) is 0.765. The van der Waals surface area contributed by atoms with Gasteiger partial charge in [-0.3, -0.25) is 0 Å². The average molecular weight is 405 g/mol. The third-order valence-corrected chi connectivity index (χ3v) is 8.15. The normalized spacial score (nSPS) is 27.0. The zero-order valence-electron chi connectivity index (χ0n) is 15.9. The third kappa shape index (κ3) is 4.26. The molecule has 9 heteroatoms. The molecule has 1 N–H and O–H groups in total. The van der Waals surface area contributed by atoms with E-state index in [1.807, 2.05) is 13.8 Å². The van der Waals surface area contributed by atoms with Crippen molar-refractivity contribution in [1.82, 2.24) is 9.97 Å². The van der Waals surface area contributed by atoms with E-state index in [1.165, 1.54) is 6.26 Å². The van der Waals surface area contributed by atoms with E-state index in [0.29, 0.717) is 24.2 Å². The first-order valence-corrected chi connectivity index (χ1v) is 12.6. The Morgan fingerprint density at radius 1 is 1.08 bits per heavy atom. The van der Waals surface area contributed by atoms with Gasteiger partial charge in [-0.05, 0) is 44.1 Å². The van der Waals surface area contributed by atoms with Gasteiger partial charge in [0.2, 0.25) is 15.0 Å². The summed E-state index contributed by atoms with van der Waals surface area (Å²) in [6.07, 6.45) is 4.13. The van der Waals surface area contributed by atoms with E-state index in [1.54, 1.807) is 6.92 Å². The molecule has 148 valence electrons. The minimum atomic E-state index is -3.53. The highest BCUT2D eigenvalue weighted by atomic mass is 32.2. The summed E-state index contributed by atoms with van der Waals surface area (Å²) < 4.78 is 48.2. The van der Waals surface area contributed by atoms with Gasteiger partial charge in [0, 0.05) is 36.4 Å². The van der Waals surface area contributed by atoms with Crippen LogP contribution in [0.15, 0.2) is 5.16 Å². The van der Waals surface area contributed by atoms with Gasteiger partial charge in [0.1, 0.15) is 0 Å². The molecule has 0 bridgehead atoms. The standard InChI is InChI=1S/C17H28N2O5S2/c1-6-12-7-13(14(9-20)16(12)25(4,21)22)8-15-10(2)11(3)18-17(19-15)26(5,23)24/h12-14,16,20H,6-9H2,1-5H3. The molecule has 0 aliphatic heterocycles. The van der Waals surface area contributed by atoms with Gasteiger partial charge in [-0.1, -0.05) is 13.3 Å². The molecule has 1 heterocycles. The smallest absolute Gasteiger partial charge is 0.247 e. The highest BCUT2D eigenvalue weighted by molar-refractivity contribution is 7.91. The molecule has 1 saturated carbocycles. The van der Waals surface area contributed by atoms with Crippen LogP contribution in [0, 0.1) is 31.6 Å². The summed E-state index contributed by atoms with van der Waals surface area (Å²) in [6.45, 7) is 5.33. The predicted octanol–water partition coefficient (Wildman–Crippen LogP) is 1.11. The van der Waals surface area contributed by atoms with Crippen molar-refractivity contribution < 1.29 is 21.9 Å². The minimum absolute atomic E-state index is 0.00947. The first-order chi connectivity index (χ1) is 11.9. The molecule has 0 aromatic carbocycles. The number of aromatic nitrogens is 2. The van der Waals surface area contributed by atoms with E-state index >= 15 is 0 Å². The van der Waals surface area contributed by atoms with Crippen molar-refractivity contribution in [2.45, 2.75) is 50.4 Å². The monoisotopic (exact) mass is 404 g/mol. The van der Waals surface area contributed by atoms with Crippen molar-refractivity contribution in [3.63, 3.8) is 0 Å². The summed E-state index contributed by atoms with van der Waals surface area (Å²) in [7, 11) is -6.82. The van der Waals surface area contributed by atoms with Crippen LogP contribution in [-0.2, 0) is 26.1 Å². The van der Waals surface area contributed by atoms with Crippen LogP contribution in [0.25, 0.3) is 0 Å². The number of sulfone groups is 2. The number of aryl methyl sites for hydroxylation is 1. The molecular weight excluding hydrogens is 376 g/mol. The van der Waals surface area contributed by atoms with E-state index in [2.05, 4.69) is 9.97 Å². The molecule has 0 spiro atoms. The Hall–Kier alpha value is -1.06. The van der Waals surface area contributed by atoms with Crippen LogP contribution in [0.2, 0.25) is 0 Å². The molecule has 0 amide bonds. The Morgan fingerprint density at radius 2 is 1.69 bits per heavy atom. The zero-order valence-corrected chi connectivity index (χ0v) is 17.6. The van der Waals surface area contributed by atoms with E-state index in [-0.39, 0.29) is 29.5 Å². The zero-order chi connectivity index (χ0) is 19.9. The van der Waals surface area contributed by atoms with Crippen LogP contribution in [0.5, 0.6) is 0 Å². The van der Waals surface area contributed by atoms with Crippen molar-refractivity contribution in [2.75, 3.05) is 19.1 Å². The lowest BCUT2D eigenvalue weighted by Crippen LogP contribution is -2.34. The van der Waals surface area contributed by atoms with E-state index in [9.17, 15) is 21.9 Å². The molecule has 1 aliphatic carbocycles. The lowest BCUT2D eigenvalue weighted by atomic mass is 9.90. The Bertz CT molecular complexity index is 881. The lowest BCUT2D eigenvalue weighted by Gasteiger charge is -2.23. The van der Waals surface area contributed by atoms with Crippen LogP contribution in [0.1, 0.15) is 36.7 Å². The molecule has 0 radical (unpaired) electrons. The third-order valence-electron chi connectivity index (χ3n) is 5.58. The number of hydrogen-bond donors (Lipinski definition) is 1. The fourth-order valence-electron chi connectivity index (χ4n) is 4.14. The molecule has 2 rings (SSSR count). The van der Waals surface area contributed by atoms with Gasteiger partial charge in [-0.2, -0.15) is 0 Å². The summed E-state index contributed by atoms with van der Waals surface area (Å²) in [5.41, 5.74) is 2.02. The van der Waals surface area contributed by atoms with E-state index < -0.39 is 24.9 Å². The second-order valence-electron chi connectivity index (χ2n) is 7.44. The summed E-state index contributed by atoms with van der Waals surface area (Å²) in [4.78, 5) is 8.30. The average Bonchev–Trinajstić information content (AvgIpc) is 2.88. The largest absolute Gasteiger partial charge is 0.396 e. The maximum absolute atomic E-state index is 12.3. The highest BCUT2D eigenvalue weighted by Crippen LogP contribution is 2.43. The summed E-state index contributed by atoms with van der Waals surface area (Å²) >= 11 is 0. The number of hydrogen-bond acceptors (Lipinski definition) is 7. The summed E-state index contributed by atoms with van der Waals surface area (Å²) in [6, 6.07) is 0. The van der Waals surface area contributed by atoms with Crippen molar-refractivity contribution in [1.29, 1.82) is 0 Å². The van der Waals surface area contributed by atoms with Crippen LogP contribution in [0.3, 0.4) is 0 Å². The van der Waals surface area contributed by atoms with Crippen molar-refractivity contribution >= 4 is 19.7 Å². The second kappa shape index (κ2) is 7.52. The van der Waals surface area contributed by atoms with Crippen LogP contribution >= 0.6 is 0 Å². The summed E-state index contributed by atoms with van der Waals surface area (Å²) in [5, 5.41) is 9.10. The van der Waals surface area contributed by atoms with E-state index in [0.717, 1.165) is 18.2 Å². The quantitative estimate of drug-likeness (QED) is 0.706. The molecule has 4 atom stereocenters. The molecule has 1 aromatic rings. The minimum Gasteiger partial charge on any atom is -0.396 e. The van der Waals surface area contributed by atoms with Gasteiger partial charge in [0.05, 0.1) is 5.25 Å². The van der Waals surface area contributed by atoms with Gasteiger partial charge in [-0.25, -0.2) is 26.8 Å². The molecule has 4 unspecified atom stereocenters. The first kappa shape index (κ1) is 21.2. The van der Waals surface area contributed by atoms with Crippen molar-refractivity contribution in [3.8, 4) is 0 Å². The fourth-order valence-corrected chi connectivity index (χ4v) is 6.67. The van der Waals surface area contributed by atoms with E-state index in [4.69, 9.17) is 0 Å². The highest BCUT2D eigenvalue weighted by Gasteiger charge is 2.47. The molecule has 1 aromatic heterocycles. The topological polar surface area (TPSA) is 114 Å². The van der Waals surface area contributed by atoms with Gasteiger partial charge >= 0.3 is 0 Å². The van der Waals surface area contributed by atoms with Crippen molar-refractivity contribution in [3.05, 3.63) is 17.0 Å². The van der Waals surface area contributed by atoms with Gasteiger partial charge < -0.3 is 5.11 Å². The second-order valence-corrected chi connectivity index (χ2v) is 11.6. The summed E-state index contributed by atoms with van der Waals surface area (Å²) in [5.74, 6) is -0.443. The van der Waals surface area contributed by atoms with Crippen LogP contribution in [0.4, 0.5) is 0 Å². The Balaban J connectivity index is 2.43. The van der Waals surface area contributed by atoms with Gasteiger partial charge in [-0.15, -0.1) is 0 Å². The van der Waals surface area contributed by atoms with Gasteiger partial charge in [0.25, 0.3) is 0 Å². The maximum atomic E-state index is 12.3. The lowest BCUT2D eigenvalue weighted by molar-refractivity contribution is 0.193. The number of nitrogens with zero attached hydrogens (tertiary/aromatic N) is 2. The molecular formula is C17H28N2O5S2.